The van der Waals surface area contributed by atoms with Gasteiger partial charge in [-0.15, -0.1) is 5.10 Å². The van der Waals surface area contributed by atoms with Gasteiger partial charge < -0.3 is 0 Å². The van der Waals surface area contributed by atoms with E-state index in [0.29, 0.717) is 6.04 Å². The molecule has 86 valence electrons. The first-order valence-corrected chi connectivity index (χ1v) is 6.57. The zero-order valence-electron chi connectivity index (χ0n) is 9.33. The predicted molar refractivity (Wildman–Crippen MR) is 60.9 cm³/mol. The number of hydrogen-bond donors (Lipinski definition) is 0. The van der Waals surface area contributed by atoms with Crippen LogP contribution in [0.15, 0.2) is 5.16 Å². The maximum absolute atomic E-state index is 8.93. The number of nitrogens with zero attached hydrogens (tertiary/aromatic N) is 5. The summed E-state index contributed by atoms with van der Waals surface area (Å²) in [5, 5.41) is 21.5. The SMILES string of the molecule is CCC(C#N)Sc1nnnn1C1CCCC1. The Labute approximate surface area is 99.2 Å². The molecule has 6 heteroatoms. The standard InChI is InChI=1S/C10H15N5S/c1-2-9(7-11)16-10-12-13-14-15(10)8-5-3-4-6-8/h8-9H,2-6H2,1H3. The molecule has 0 radical (unpaired) electrons. The van der Waals surface area contributed by atoms with Crippen LogP contribution in [0.2, 0.25) is 0 Å². The molecule has 0 saturated heterocycles. The molecule has 16 heavy (non-hydrogen) atoms. The molecule has 2 rings (SSSR count). The van der Waals surface area contributed by atoms with Crippen molar-refractivity contribution in [3.8, 4) is 6.07 Å². The van der Waals surface area contributed by atoms with E-state index in [2.05, 4.69) is 21.6 Å². The van der Waals surface area contributed by atoms with Crippen LogP contribution in [0.25, 0.3) is 0 Å². The molecule has 1 aliphatic carbocycles. The molecule has 0 spiro atoms. The number of nitriles is 1. The average Bonchev–Trinajstić information content (AvgIpc) is 2.95. The molecule has 0 N–H and O–H groups in total. The fraction of sp³-hybridized carbons (Fsp3) is 0.800. The zero-order valence-corrected chi connectivity index (χ0v) is 10.2. The van der Waals surface area contributed by atoms with E-state index >= 15 is 0 Å². The summed E-state index contributed by atoms with van der Waals surface area (Å²) in [5.41, 5.74) is 0. The first-order valence-electron chi connectivity index (χ1n) is 5.69. The number of rotatable bonds is 4. The largest absolute Gasteiger partial charge is 0.217 e. The second kappa shape index (κ2) is 5.30. The van der Waals surface area contributed by atoms with Gasteiger partial charge in [0, 0.05) is 0 Å². The number of tetrazole rings is 1. The highest BCUT2D eigenvalue weighted by molar-refractivity contribution is 8.00. The summed E-state index contributed by atoms with van der Waals surface area (Å²) in [4.78, 5) is 0. The first-order chi connectivity index (χ1) is 7.85. The van der Waals surface area contributed by atoms with E-state index in [0.717, 1.165) is 24.4 Å². The summed E-state index contributed by atoms with van der Waals surface area (Å²) in [5.74, 6) is 0. The Morgan fingerprint density at radius 3 is 2.94 bits per heavy atom. The number of thioether (sulfide) groups is 1. The van der Waals surface area contributed by atoms with E-state index in [4.69, 9.17) is 5.26 Å². The van der Waals surface area contributed by atoms with Crippen molar-refractivity contribution in [3.63, 3.8) is 0 Å². The Morgan fingerprint density at radius 2 is 2.31 bits per heavy atom. The molecule has 1 aromatic heterocycles. The summed E-state index contributed by atoms with van der Waals surface area (Å²) in [6.07, 6.45) is 5.64. The van der Waals surface area contributed by atoms with Crippen LogP contribution in [0.1, 0.15) is 45.1 Å². The maximum atomic E-state index is 8.93. The van der Waals surface area contributed by atoms with Crippen LogP contribution < -0.4 is 0 Å². The smallest absolute Gasteiger partial charge is 0.210 e. The lowest BCUT2D eigenvalue weighted by Gasteiger charge is -2.11. The van der Waals surface area contributed by atoms with Gasteiger partial charge >= 0.3 is 0 Å². The van der Waals surface area contributed by atoms with E-state index in [1.54, 1.807) is 0 Å². The Kier molecular flexibility index (Phi) is 3.78. The van der Waals surface area contributed by atoms with Crippen molar-refractivity contribution in [3.05, 3.63) is 0 Å². The van der Waals surface area contributed by atoms with Gasteiger partial charge in [-0.3, -0.25) is 0 Å². The van der Waals surface area contributed by atoms with E-state index in [-0.39, 0.29) is 5.25 Å². The second-order valence-corrected chi connectivity index (χ2v) is 5.16. The van der Waals surface area contributed by atoms with Gasteiger partial charge in [0.05, 0.1) is 17.4 Å². The van der Waals surface area contributed by atoms with Crippen molar-refractivity contribution < 1.29 is 0 Å². The minimum Gasteiger partial charge on any atom is -0.217 e. The summed E-state index contributed by atoms with van der Waals surface area (Å²) in [6, 6.07) is 2.70. The van der Waals surface area contributed by atoms with Crippen LogP contribution in [0.4, 0.5) is 0 Å². The molecule has 1 fully saturated rings. The third-order valence-electron chi connectivity index (χ3n) is 2.90. The number of hydrogen-bond acceptors (Lipinski definition) is 5. The molecular weight excluding hydrogens is 222 g/mol. The lowest BCUT2D eigenvalue weighted by atomic mass is 10.3. The van der Waals surface area contributed by atoms with Gasteiger partial charge in [-0.2, -0.15) is 5.26 Å². The van der Waals surface area contributed by atoms with E-state index in [1.165, 1.54) is 24.6 Å². The Bertz CT molecular complexity index is 377. The molecule has 0 amide bonds. The average molecular weight is 237 g/mol. The maximum Gasteiger partial charge on any atom is 0.210 e. The predicted octanol–water partition coefficient (Wildman–Crippen LogP) is 2.18. The molecule has 0 aliphatic heterocycles. The van der Waals surface area contributed by atoms with Gasteiger partial charge in [-0.05, 0) is 29.7 Å². The molecule has 1 saturated carbocycles. The molecule has 0 bridgehead atoms. The quantitative estimate of drug-likeness (QED) is 0.751. The normalized spacial score (nSPS) is 18.5. The molecule has 0 aromatic carbocycles. The molecule has 1 atom stereocenters. The molecule has 1 aliphatic rings. The molecule has 5 nitrogen and oxygen atoms in total. The van der Waals surface area contributed by atoms with Crippen molar-refractivity contribution in [1.82, 2.24) is 20.2 Å². The van der Waals surface area contributed by atoms with Crippen molar-refractivity contribution >= 4 is 11.8 Å². The van der Waals surface area contributed by atoms with Crippen LogP contribution in [-0.4, -0.2) is 25.5 Å². The fourth-order valence-electron chi connectivity index (χ4n) is 1.97. The summed E-state index contributed by atoms with van der Waals surface area (Å²) in [6.45, 7) is 2.00. The van der Waals surface area contributed by atoms with Crippen LogP contribution in [0.5, 0.6) is 0 Å². The molecule has 1 heterocycles. The van der Waals surface area contributed by atoms with Gasteiger partial charge in [0.25, 0.3) is 0 Å². The van der Waals surface area contributed by atoms with Crippen molar-refractivity contribution in [2.75, 3.05) is 0 Å². The number of aromatic nitrogens is 4. The second-order valence-electron chi connectivity index (χ2n) is 3.99. The molecule has 1 unspecified atom stereocenters. The monoisotopic (exact) mass is 237 g/mol. The minimum absolute atomic E-state index is 0.0499. The first kappa shape index (κ1) is 11.4. The van der Waals surface area contributed by atoms with Gasteiger partial charge in [0.2, 0.25) is 5.16 Å². The van der Waals surface area contributed by atoms with Crippen LogP contribution in [0, 0.1) is 11.3 Å². The third-order valence-corrected chi connectivity index (χ3v) is 4.10. The van der Waals surface area contributed by atoms with Gasteiger partial charge in [0.1, 0.15) is 0 Å². The highest BCUT2D eigenvalue weighted by atomic mass is 32.2. The fourth-order valence-corrected chi connectivity index (χ4v) is 2.82. The zero-order chi connectivity index (χ0) is 11.4. The minimum atomic E-state index is -0.0499. The summed E-state index contributed by atoms with van der Waals surface area (Å²) < 4.78 is 1.90. The van der Waals surface area contributed by atoms with Crippen molar-refractivity contribution in [2.45, 2.75) is 55.5 Å². The van der Waals surface area contributed by atoms with Gasteiger partial charge in [-0.25, -0.2) is 4.68 Å². The van der Waals surface area contributed by atoms with Gasteiger partial charge in [0.15, 0.2) is 0 Å². The van der Waals surface area contributed by atoms with Crippen LogP contribution >= 0.6 is 11.8 Å². The van der Waals surface area contributed by atoms with Crippen LogP contribution in [0.3, 0.4) is 0 Å². The van der Waals surface area contributed by atoms with Crippen molar-refractivity contribution in [2.24, 2.45) is 0 Å². The Balaban J connectivity index is 2.09. The third kappa shape index (κ3) is 2.35. The lowest BCUT2D eigenvalue weighted by molar-refractivity contribution is 0.423. The van der Waals surface area contributed by atoms with E-state index in [1.807, 2.05) is 11.6 Å². The summed E-state index contributed by atoms with van der Waals surface area (Å²) >= 11 is 1.47. The highest BCUT2D eigenvalue weighted by Crippen LogP contribution is 2.32. The van der Waals surface area contributed by atoms with Crippen LogP contribution in [-0.2, 0) is 0 Å². The van der Waals surface area contributed by atoms with E-state index < -0.39 is 0 Å². The van der Waals surface area contributed by atoms with Crippen molar-refractivity contribution in [1.29, 1.82) is 5.26 Å². The lowest BCUT2D eigenvalue weighted by Crippen LogP contribution is -2.10. The Hall–Kier alpha value is -1.09. The molecular formula is C10H15N5S. The Morgan fingerprint density at radius 1 is 1.56 bits per heavy atom. The highest BCUT2D eigenvalue weighted by Gasteiger charge is 2.23. The van der Waals surface area contributed by atoms with Gasteiger partial charge in [-0.1, -0.05) is 31.5 Å². The summed E-state index contributed by atoms with van der Waals surface area (Å²) in [7, 11) is 0. The topological polar surface area (TPSA) is 67.4 Å². The molecule has 1 aromatic rings. The van der Waals surface area contributed by atoms with E-state index in [9.17, 15) is 0 Å².